The van der Waals surface area contributed by atoms with Gasteiger partial charge in [-0.05, 0) is 44.0 Å². The van der Waals surface area contributed by atoms with Crippen LogP contribution in [0.25, 0.3) is 0 Å². The molecule has 1 aromatic carbocycles. The molecule has 1 aromatic heterocycles. The molecule has 0 aliphatic carbocycles. The Morgan fingerprint density at radius 1 is 1.26 bits per heavy atom. The molecule has 0 bridgehead atoms. The van der Waals surface area contributed by atoms with Crippen molar-refractivity contribution < 1.29 is 0 Å². The maximum Gasteiger partial charge on any atom is 0.193 e. The van der Waals surface area contributed by atoms with Gasteiger partial charge in [0.2, 0.25) is 0 Å². The zero-order valence-electron chi connectivity index (χ0n) is 11.4. The standard InChI is InChI=1S/C14H18N4S/c1-9-4-10(2)6-12(5-9)18-14(15)16-7-13-11(3)17-8-19-13/h4-6,8H,7H2,1-3H3,(H3,15,16,18). The van der Waals surface area contributed by atoms with E-state index in [0.717, 1.165) is 16.3 Å². The second-order valence-electron chi connectivity index (χ2n) is 4.56. The van der Waals surface area contributed by atoms with Crippen molar-refractivity contribution in [2.75, 3.05) is 5.32 Å². The maximum absolute atomic E-state index is 5.90. The van der Waals surface area contributed by atoms with Crippen molar-refractivity contribution in [3.8, 4) is 0 Å². The van der Waals surface area contributed by atoms with E-state index < -0.39 is 0 Å². The summed E-state index contributed by atoms with van der Waals surface area (Å²) >= 11 is 1.60. The molecule has 0 spiro atoms. The molecule has 5 heteroatoms. The first-order valence-electron chi connectivity index (χ1n) is 6.09. The van der Waals surface area contributed by atoms with Crippen LogP contribution in [-0.4, -0.2) is 10.9 Å². The number of rotatable bonds is 3. The highest BCUT2D eigenvalue weighted by atomic mass is 32.1. The summed E-state index contributed by atoms with van der Waals surface area (Å²) in [6.45, 7) is 6.67. The molecule has 1 heterocycles. The van der Waals surface area contributed by atoms with Crippen molar-refractivity contribution >= 4 is 23.0 Å². The van der Waals surface area contributed by atoms with Crippen molar-refractivity contribution in [1.82, 2.24) is 4.98 Å². The van der Waals surface area contributed by atoms with Crippen LogP contribution < -0.4 is 11.1 Å². The van der Waals surface area contributed by atoms with Gasteiger partial charge in [0.15, 0.2) is 5.96 Å². The van der Waals surface area contributed by atoms with E-state index in [1.54, 1.807) is 11.3 Å². The van der Waals surface area contributed by atoms with E-state index in [9.17, 15) is 0 Å². The number of aliphatic imine (C=N–C) groups is 1. The lowest BCUT2D eigenvalue weighted by atomic mass is 10.1. The molecule has 2 aromatic rings. The number of nitrogens with two attached hydrogens (primary N) is 1. The minimum atomic E-state index is 0.429. The predicted molar refractivity (Wildman–Crippen MR) is 81.7 cm³/mol. The van der Waals surface area contributed by atoms with Gasteiger partial charge in [-0.2, -0.15) is 0 Å². The van der Waals surface area contributed by atoms with Gasteiger partial charge < -0.3 is 11.1 Å². The lowest BCUT2D eigenvalue weighted by molar-refractivity contribution is 1.05. The van der Waals surface area contributed by atoms with Crippen molar-refractivity contribution in [1.29, 1.82) is 0 Å². The SMILES string of the molecule is Cc1cc(C)cc(NC(N)=NCc2scnc2C)c1. The maximum atomic E-state index is 5.90. The smallest absolute Gasteiger partial charge is 0.193 e. The molecule has 2 rings (SSSR count). The van der Waals surface area contributed by atoms with Crippen molar-refractivity contribution in [3.63, 3.8) is 0 Å². The molecule has 4 nitrogen and oxygen atoms in total. The van der Waals surface area contributed by atoms with E-state index >= 15 is 0 Å². The van der Waals surface area contributed by atoms with Crippen LogP contribution in [0, 0.1) is 20.8 Å². The van der Waals surface area contributed by atoms with Crippen molar-refractivity contribution in [3.05, 3.63) is 45.4 Å². The van der Waals surface area contributed by atoms with E-state index in [1.807, 2.05) is 24.6 Å². The van der Waals surface area contributed by atoms with Crippen LogP contribution in [0.5, 0.6) is 0 Å². The van der Waals surface area contributed by atoms with Gasteiger partial charge in [0.1, 0.15) is 0 Å². The van der Waals surface area contributed by atoms with Crippen molar-refractivity contribution in [2.45, 2.75) is 27.3 Å². The number of anilines is 1. The third-order valence-corrected chi connectivity index (χ3v) is 3.65. The van der Waals surface area contributed by atoms with Gasteiger partial charge in [0, 0.05) is 10.6 Å². The minimum absolute atomic E-state index is 0.429. The van der Waals surface area contributed by atoms with Crippen LogP contribution in [0.2, 0.25) is 0 Å². The summed E-state index contributed by atoms with van der Waals surface area (Å²) in [5.74, 6) is 0.429. The average Bonchev–Trinajstić information content (AvgIpc) is 2.71. The number of aromatic nitrogens is 1. The molecule has 0 unspecified atom stereocenters. The Morgan fingerprint density at radius 3 is 2.53 bits per heavy atom. The predicted octanol–water partition coefficient (Wildman–Crippen LogP) is 3.00. The largest absolute Gasteiger partial charge is 0.370 e. The zero-order chi connectivity index (χ0) is 13.8. The fraction of sp³-hybridized carbons (Fsp3) is 0.286. The van der Waals surface area contributed by atoms with Gasteiger partial charge in [-0.3, -0.25) is 0 Å². The third-order valence-electron chi connectivity index (χ3n) is 2.73. The number of hydrogen-bond donors (Lipinski definition) is 2. The molecule has 0 atom stereocenters. The molecule has 0 aliphatic heterocycles. The fourth-order valence-electron chi connectivity index (χ4n) is 1.87. The molecular weight excluding hydrogens is 256 g/mol. The van der Waals surface area contributed by atoms with Crippen LogP contribution in [0.4, 0.5) is 5.69 Å². The quantitative estimate of drug-likeness (QED) is 0.668. The van der Waals surface area contributed by atoms with E-state index in [-0.39, 0.29) is 0 Å². The van der Waals surface area contributed by atoms with Gasteiger partial charge in [-0.15, -0.1) is 11.3 Å². The summed E-state index contributed by atoms with van der Waals surface area (Å²) in [4.78, 5) is 9.67. The second kappa shape index (κ2) is 5.84. The highest BCUT2D eigenvalue weighted by Crippen LogP contribution is 2.15. The molecule has 0 aliphatic rings. The molecule has 0 fully saturated rings. The summed E-state index contributed by atoms with van der Waals surface area (Å²) < 4.78 is 0. The highest BCUT2D eigenvalue weighted by molar-refractivity contribution is 7.09. The van der Waals surface area contributed by atoms with E-state index in [1.165, 1.54) is 11.1 Å². The number of nitrogens with zero attached hydrogens (tertiary/aromatic N) is 2. The first-order chi connectivity index (χ1) is 9.04. The summed E-state index contributed by atoms with van der Waals surface area (Å²) in [6.07, 6.45) is 0. The Balaban J connectivity index is 2.04. The van der Waals surface area contributed by atoms with E-state index in [0.29, 0.717) is 12.5 Å². The number of aryl methyl sites for hydroxylation is 3. The molecule has 3 N–H and O–H groups in total. The monoisotopic (exact) mass is 274 g/mol. The number of thiazole rings is 1. The van der Waals surface area contributed by atoms with Gasteiger partial charge in [-0.25, -0.2) is 9.98 Å². The molecule has 0 radical (unpaired) electrons. The van der Waals surface area contributed by atoms with Crippen LogP contribution in [0.3, 0.4) is 0 Å². The first kappa shape index (κ1) is 13.5. The van der Waals surface area contributed by atoms with Crippen LogP contribution in [-0.2, 0) is 6.54 Å². The molecule has 100 valence electrons. The Kier molecular flexibility index (Phi) is 4.16. The highest BCUT2D eigenvalue weighted by Gasteiger charge is 2.01. The Hall–Kier alpha value is -1.88. The van der Waals surface area contributed by atoms with Gasteiger partial charge in [0.05, 0.1) is 17.7 Å². The lowest BCUT2D eigenvalue weighted by Crippen LogP contribution is -2.22. The van der Waals surface area contributed by atoms with Crippen LogP contribution in [0.1, 0.15) is 21.7 Å². The zero-order valence-corrected chi connectivity index (χ0v) is 12.2. The number of guanidine groups is 1. The minimum Gasteiger partial charge on any atom is -0.370 e. The summed E-state index contributed by atoms with van der Waals surface area (Å²) in [7, 11) is 0. The first-order valence-corrected chi connectivity index (χ1v) is 6.97. The Bertz CT molecular complexity index is 581. The van der Waals surface area contributed by atoms with Crippen LogP contribution >= 0.6 is 11.3 Å². The summed E-state index contributed by atoms with van der Waals surface area (Å²) in [6, 6.07) is 6.22. The molecule has 0 saturated heterocycles. The summed E-state index contributed by atoms with van der Waals surface area (Å²) in [5.41, 5.74) is 12.1. The normalized spacial score (nSPS) is 11.6. The molecule has 0 saturated carbocycles. The van der Waals surface area contributed by atoms with E-state index in [2.05, 4.69) is 35.2 Å². The topological polar surface area (TPSA) is 63.3 Å². The van der Waals surface area contributed by atoms with Gasteiger partial charge in [-0.1, -0.05) is 6.07 Å². The Morgan fingerprint density at radius 2 is 1.95 bits per heavy atom. The third kappa shape index (κ3) is 3.79. The van der Waals surface area contributed by atoms with Crippen molar-refractivity contribution in [2.24, 2.45) is 10.7 Å². The fourth-order valence-corrected chi connectivity index (χ4v) is 2.57. The van der Waals surface area contributed by atoms with Gasteiger partial charge >= 0.3 is 0 Å². The molecule has 0 amide bonds. The van der Waals surface area contributed by atoms with Crippen LogP contribution in [0.15, 0.2) is 28.7 Å². The number of benzene rings is 1. The average molecular weight is 274 g/mol. The molecular formula is C14H18N4S. The summed E-state index contributed by atoms with van der Waals surface area (Å²) in [5, 5.41) is 3.12. The lowest BCUT2D eigenvalue weighted by Gasteiger charge is -2.07. The van der Waals surface area contributed by atoms with E-state index in [4.69, 9.17) is 5.73 Å². The molecule has 19 heavy (non-hydrogen) atoms. The second-order valence-corrected chi connectivity index (χ2v) is 5.50. The number of nitrogens with one attached hydrogen (secondary N) is 1. The number of hydrogen-bond acceptors (Lipinski definition) is 3. The van der Waals surface area contributed by atoms with Gasteiger partial charge in [0.25, 0.3) is 0 Å². The Labute approximate surface area is 117 Å².